The maximum Gasteiger partial charge on any atom is 0.337 e. The van der Waals surface area contributed by atoms with Crippen molar-refractivity contribution in [1.82, 2.24) is 4.72 Å². The van der Waals surface area contributed by atoms with Crippen molar-refractivity contribution in [2.24, 2.45) is 0 Å². The van der Waals surface area contributed by atoms with Crippen molar-refractivity contribution in [3.05, 3.63) is 65.7 Å². The molecule has 0 spiro atoms. The van der Waals surface area contributed by atoms with Crippen LogP contribution < -0.4 is 4.72 Å². The molecule has 0 atom stereocenters. The third-order valence-corrected chi connectivity index (χ3v) is 4.57. The Labute approximate surface area is 130 Å². The first kappa shape index (κ1) is 16.2. The van der Waals surface area contributed by atoms with Crippen LogP contribution in [0.4, 0.5) is 0 Å². The Bertz CT molecular complexity index is 742. The van der Waals surface area contributed by atoms with E-state index in [2.05, 4.69) is 9.46 Å². The number of ether oxygens (including phenoxy) is 1. The van der Waals surface area contributed by atoms with Gasteiger partial charge in [0.25, 0.3) is 0 Å². The van der Waals surface area contributed by atoms with E-state index < -0.39 is 16.0 Å². The molecule has 0 amide bonds. The first-order valence-corrected chi connectivity index (χ1v) is 8.23. The predicted molar refractivity (Wildman–Crippen MR) is 83.1 cm³/mol. The fourth-order valence-electron chi connectivity index (χ4n) is 1.97. The van der Waals surface area contributed by atoms with E-state index >= 15 is 0 Å². The number of nitrogens with one attached hydrogen (secondary N) is 1. The van der Waals surface area contributed by atoms with Gasteiger partial charge in [-0.15, -0.1) is 0 Å². The second kappa shape index (κ2) is 7.20. The predicted octanol–water partition coefficient (Wildman–Crippen LogP) is 1.99. The molecule has 0 aliphatic rings. The van der Waals surface area contributed by atoms with E-state index in [1.54, 1.807) is 0 Å². The molecule has 5 nitrogen and oxygen atoms in total. The first-order chi connectivity index (χ1) is 10.5. The number of carbonyl (C=O) groups is 1. The van der Waals surface area contributed by atoms with Gasteiger partial charge in [0.2, 0.25) is 10.0 Å². The van der Waals surface area contributed by atoms with Gasteiger partial charge in [0, 0.05) is 6.54 Å². The van der Waals surface area contributed by atoms with Gasteiger partial charge >= 0.3 is 5.97 Å². The van der Waals surface area contributed by atoms with Crippen LogP contribution in [-0.4, -0.2) is 28.0 Å². The molecule has 116 valence electrons. The summed E-state index contributed by atoms with van der Waals surface area (Å²) in [4.78, 5) is 11.5. The third kappa shape index (κ3) is 4.16. The average molecular weight is 319 g/mol. The van der Waals surface area contributed by atoms with Gasteiger partial charge in [-0.1, -0.05) is 36.4 Å². The summed E-state index contributed by atoms with van der Waals surface area (Å²) in [5.41, 5.74) is 1.25. The number of rotatable bonds is 6. The van der Waals surface area contributed by atoms with Crippen molar-refractivity contribution in [3.63, 3.8) is 0 Å². The highest BCUT2D eigenvalue weighted by Crippen LogP contribution is 2.12. The van der Waals surface area contributed by atoms with Crippen LogP contribution in [0.5, 0.6) is 0 Å². The molecule has 0 fully saturated rings. The largest absolute Gasteiger partial charge is 0.465 e. The Balaban J connectivity index is 2.05. The van der Waals surface area contributed by atoms with Crippen LogP contribution in [0.1, 0.15) is 15.9 Å². The number of benzene rings is 2. The van der Waals surface area contributed by atoms with E-state index in [9.17, 15) is 13.2 Å². The van der Waals surface area contributed by atoms with E-state index in [4.69, 9.17) is 0 Å². The van der Waals surface area contributed by atoms with Gasteiger partial charge in [-0.2, -0.15) is 0 Å². The Morgan fingerprint density at radius 3 is 2.50 bits per heavy atom. The first-order valence-electron chi connectivity index (χ1n) is 6.75. The molecule has 6 heteroatoms. The van der Waals surface area contributed by atoms with E-state index in [1.165, 1.54) is 31.4 Å². The maximum atomic E-state index is 12.2. The monoisotopic (exact) mass is 319 g/mol. The minimum Gasteiger partial charge on any atom is -0.465 e. The fraction of sp³-hybridized carbons (Fsp3) is 0.188. The number of hydrogen-bond acceptors (Lipinski definition) is 4. The van der Waals surface area contributed by atoms with E-state index in [0.29, 0.717) is 6.42 Å². The summed E-state index contributed by atoms with van der Waals surface area (Å²) < 4.78 is 31.6. The van der Waals surface area contributed by atoms with Crippen LogP contribution in [0.25, 0.3) is 0 Å². The number of hydrogen-bond donors (Lipinski definition) is 1. The zero-order valence-corrected chi connectivity index (χ0v) is 13.0. The van der Waals surface area contributed by atoms with Crippen LogP contribution in [0, 0.1) is 0 Å². The number of esters is 1. The molecule has 0 aliphatic carbocycles. The third-order valence-electron chi connectivity index (χ3n) is 3.11. The molecule has 2 aromatic rings. The summed E-state index contributed by atoms with van der Waals surface area (Å²) >= 11 is 0. The Hall–Kier alpha value is -2.18. The quantitative estimate of drug-likeness (QED) is 0.827. The average Bonchev–Trinajstić information content (AvgIpc) is 2.55. The number of methoxy groups -OCH3 is 1. The highest BCUT2D eigenvalue weighted by Gasteiger charge is 2.16. The summed E-state index contributed by atoms with van der Waals surface area (Å²) in [6, 6.07) is 15.4. The SMILES string of the molecule is COC(=O)c1cccc(S(=O)(=O)NCCc2ccccc2)c1. The van der Waals surface area contributed by atoms with Gasteiger partial charge in [-0.05, 0) is 30.2 Å². The summed E-state index contributed by atoms with van der Waals surface area (Å²) in [5, 5.41) is 0. The number of sulfonamides is 1. The van der Waals surface area contributed by atoms with Gasteiger partial charge in [-0.3, -0.25) is 0 Å². The molecule has 2 rings (SSSR count). The summed E-state index contributed by atoms with van der Waals surface area (Å²) in [5.74, 6) is -0.568. The molecule has 1 N–H and O–H groups in total. The minimum absolute atomic E-state index is 0.0449. The van der Waals surface area contributed by atoms with Crippen LogP contribution >= 0.6 is 0 Å². The highest BCUT2D eigenvalue weighted by atomic mass is 32.2. The maximum absolute atomic E-state index is 12.2. The molecule has 0 bridgehead atoms. The summed E-state index contributed by atoms with van der Waals surface area (Å²) in [7, 11) is -2.40. The normalized spacial score (nSPS) is 11.1. The van der Waals surface area contributed by atoms with Gasteiger partial charge in [0.15, 0.2) is 0 Å². The van der Waals surface area contributed by atoms with Crippen LogP contribution in [0.2, 0.25) is 0 Å². The molecule has 0 saturated carbocycles. The zero-order chi connectivity index (χ0) is 16.0. The second-order valence-corrected chi connectivity index (χ2v) is 6.42. The molecular weight excluding hydrogens is 302 g/mol. The molecule has 0 heterocycles. The number of carbonyl (C=O) groups excluding carboxylic acids is 1. The summed E-state index contributed by atoms with van der Waals surface area (Å²) in [6.45, 7) is 0.287. The van der Waals surface area contributed by atoms with E-state index in [-0.39, 0.29) is 17.0 Å². The van der Waals surface area contributed by atoms with E-state index in [1.807, 2.05) is 30.3 Å². The molecule has 22 heavy (non-hydrogen) atoms. The lowest BCUT2D eigenvalue weighted by Crippen LogP contribution is -2.26. The second-order valence-electron chi connectivity index (χ2n) is 4.65. The standard InChI is InChI=1S/C16H17NO4S/c1-21-16(18)14-8-5-9-15(12-14)22(19,20)17-11-10-13-6-3-2-4-7-13/h2-9,12,17H,10-11H2,1H3. The lowest BCUT2D eigenvalue weighted by atomic mass is 10.2. The van der Waals surface area contributed by atoms with Crippen molar-refractivity contribution in [3.8, 4) is 0 Å². The van der Waals surface area contributed by atoms with Crippen molar-refractivity contribution < 1.29 is 17.9 Å². The van der Waals surface area contributed by atoms with Crippen molar-refractivity contribution >= 4 is 16.0 Å². The smallest absolute Gasteiger partial charge is 0.337 e. The minimum atomic E-state index is -3.65. The molecule has 0 saturated heterocycles. The molecule has 2 aromatic carbocycles. The molecule has 0 radical (unpaired) electrons. The Morgan fingerprint density at radius 2 is 1.82 bits per heavy atom. The van der Waals surface area contributed by atoms with Gasteiger partial charge < -0.3 is 4.74 Å². The van der Waals surface area contributed by atoms with Gasteiger partial charge in [0.1, 0.15) is 0 Å². The van der Waals surface area contributed by atoms with Crippen molar-refractivity contribution in [1.29, 1.82) is 0 Å². The highest BCUT2D eigenvalue weighted by molar-refractivity contribution is 7.89. The summed E-state index contributed by atoms with van der Waals surface area (Å²) in [6.07, 6.45) is 0.594. The van der Waals surface area contributed by atoms with Crippen LogP contribution in [-0.2, 0) is 21.2 Å². The van der Waals surface area contributed by atoms with Gasteiger partial charge in [-0.25, -0.2) is 17.9 Å². The van der Waals surface area contributed by atoms with Gasteiger partial charge in [0.05, 0.1) is 17.6 Å². The van der Waals surface area contributed by atoms with Crippen LogP contribution in [0.3, 0.4) is 0 Å². The van der Waals surface area contributed by atoms with Crippen molar-refractivity contribution in [2.45, 2.75) is 11.3 Å². The van der Waals surface area contributed by atoms with E-state index in [0.717, 1.165) is 5.56 Å². The lowest BCUT2D eigenvalue weighted by Gasteiger charge is -2.08. The topological polar surface area (TPSA) is 72.5 Å². The Morgan fingerprint density at radius 1 is 1.09 bits per heavy atom. The molecule has 0 unspecified atom stereocenters. The molecule has 0 aromatic heterocycles. The zero-order valence-electron chi connectivity index (χ0n) is 12.2. The Kier molecular flexibility index (Phi) is 5.30. The van der Waals surface area contributed by atoms with Crippen molar-refractivity contribution in [2.75, 3.05) is 13.7 Å². The van der Waals surface area contributed by atoms with Crippen LogP contribution in [0.15, 0.2) is 59.5 Å². The molecular formula is C16H17NO4S. The fourth-order valence-corrected chi connectivity index (χ4v) is 3.04. The lowest BCUT2D eigenvalue weighted by molar-refractivity contribution is 0.0600. The molecule has 0 aliphatic heterocycles.